The zero-order valence-electron chi connectivity index (χ0n) is 7.34. The minimum absolute atomic E-state index is 0.748. The van der Waals surface area contributed by atoms with Crippen LogP contribution in [0.4, 0.5) is 0 Å². The maximum absolute atomic E-state index is 5.51. The highest BCUT2D eigenvalue weighted by molar-refractivity contribution is 5.38. The summed E-state index contributed by atoms with van der Waals surface area (Å²) in [5, 5.41) is 0. The second kappa shape index (κ2) is 3.18. The molecule has 0 unspecified atom stereocenters. The smallest absolute Gasteiger partial charge is 0.123 e. The van der Waals surface area contributed by atoms with Crippen molar-refractivity contribution in [3.63, 3.8) is 0 Å². The second-order valence-electron chi connectivity index (χ2n) is 3.17. The van der Waals surface area contributed by atoms with Crippen molar-refractivity contribution in [2.75, 3.05) is 6.61 Å². The Morgan fingerprint density at radius 2 is 2.42 bits per heavy atom. The van der Waals surface area contributed by atoms with E-state index in [1.807, 2.05) is 19.1 Å². The second-order valence-corrected chi connectivity index (χ2v) is 3.17. The monoisotopic (exact) mass is 161 g/mol. The van der Waals surface area contributed by atoms with Crippen LogP contribution < -0.4 is 4.74 Å². The Bertz CT molecular complexity index is 263. The molecule has 1 aromatic rings. The first-order chi connectivity index (χ1) is 5.92. The van der Waals surface area contributed by atoms with E-state index in [9.17, 15) is 0 Å². The quantitative estimate of drug-likeness (QED) is 0.662. The maximum Gasteiger partial charge on any atom is 0.123 e. The summed E-state index contributed by atoms with van der Waals surface area (Å²) in [5.41, 5.74) is 1.37. The van der Waals surface area contributed by atoms with Crippen LogP contribution in [0.2, 0.25) is 0 Å². The van der Waals surface area contributed by atoms with Crippen LogP contribution in [0.1, 0.15) is 31.2 Å². The molecule has 0 heterocycles. The molecule has 0 atom stereocenters. The fourth-order valence-electron chi connectivity index (χ4n) is 1.44. The van der Waals surface area contributed by atoms with Crippen LogP contribution in [-0.4, -0.2) is 6.61 Å². The van der Waals surface area contributed by atoms with E-state index in [0.717, 1.165) is 18.3 Å². The SMILES string of the molecule is CCOc1c[c]ccc1C1CC1. The molecule has 0 aromatic heterocycles. The van der Waals surface area contributed by atoms with Gasteiger partial charge in [0.05, 0.1) is 6.61 Å². The van der Waals surface area contributed by atoms with E-state index in [2.05, 4.69) is 12.1 Å². The van der Waals surface area contributed by atoms with E-state index < -0.39 is 0 Å². The molecule has 0 bridgehead atoms. The van der Waals surface area contributed by atoms with Gasteiger partial charge in [-0.15, -0.1) is 0 Å². The number of hydrogen-bond acceptors (Lipinski definition) is 1. The first-order valence-electron chi connectivity index (χ1n) is 4.54. The van der Waals surface area contributed by atoms with Crippen molar-refractivity contribution in [2.24, 2.45) is 0 Å². The molecule has 0 amide bonds. The molecule has 1 heteroatoms. The van der Waals surface area contributed by atoms with Gasteiger partial charge in [-0.3, -0.25) is 0 Å². The minimum atomic E-state index is 0.748. The van der Waals surface area contributed by atoms with Crippen LogP contribution in [-0.2, 0) is 0 Å². The van der Waals surface area contributed by atoms with Crippen molar-refractivity contribution in [3.05, 3.63) is 29.8 Å². The third-order valence-electron chi connectivity index (χ3n) is 2.18. The molecule has 1 fully saturated rings. The normalized spacial score (nSPS) is 16.1. The first-order valence-corrected chi connectivity index (χ1v) is 4.54. The van der Waals surface area contributed by atoms with Gasteiger partial charge < -0.3 is 4.74 Å². The van der Waals surface area contributed by atoms with E-state index in [-0.39, 0.29) is 0 Å². The van der Waals surface area contributed by atoms with Crippen molar-refractivity contribution in [1.29, 1.82) is 0 Å². The van der Waals surface area contributed by atoms with Crippen LogP contribution in [0.25, 0.3) is 0 Å². The van der Waals surface area contributed by atoms with Gasteiger partial charge in [0.2, 0.25) is 0 Å². The molecular weight excluding hydrogens is 148 g/mol. The Morgan fingerprint density at radius 3 is 3.08 bits per heavy atom. The summed E-state index contributed by atoms with van der Waals surface area (Å²) in [6.45, 7) is 2.77. The Labute approximate surface area is 73.4 Å². The van der Waals surface area contributed by atoms with Gasteiger partial charge in [-0.1, -0.05) is 12.1 Å². The van der Waals surface area contributed by atoms with E-state index in [1.165, 1.54) is 18.4 Å². The van der Waals surface area contributed by atoms with E-state index in [0.29, 0.717) is 0 Å². The lowest BCUT2D eigenvalue weighted by molar-refractivity contribution is 0.336. The van der Waals surface area contributed by atoms with Crippen molar-refractivity contribution in [1.82, 2.24) is 0 Å². The van der Waals surface area contributed by atoms with Crippen molar-refractivity contribution in [2.45, 2.75) is 25.7 Å². The molecule has 1 saturated carbocycles. The largest absolute Gasteiger partial charge is 0.494 e. The first kappa shape index (κ1) is 7.66. The van der Waals surface area contributed by atoms with E-state index in [4.69, 9.17) is 4.74 Å². The lowest BCUT2D eigenvalue weighted by atomic mass is 10.1. The standard InChI is InChI=1S/C11H13O/c1-2-12-11-6-4-3-5-10(11)9-7-8-9/h3,5-6,9H,2,7-8H2,1H3. The molecule has 0 saturated heterocycles. The molecule has 0 spiro atoms. The average molecular weight is 161 g/mol. The number of ether oxygens (including phenoxy) is 1. The highest BCUT2D eigenvalue weighted by atomic mass is 16.5. The molecule has 0 N–H and O–H groups in total. The summed E-state index contributed by atoms with van der Waals surface area (Å²) >= 11 is 0. The van der Waals surface area contributed by atoms with Gasteiger partial charge in [0, 0.05) is 0 Å². The molecule has 1 nitrogen and oxygen atoms in total. The van der Waals surface area contributed by atoms with E-state index >= 15 is 0 Å². The average Bonchev–Trinajstić information content (AvgIpc) is 2.89. The van der Waals surface area contributed by atoms with Crippen LogP contribution >= 0.6 is 0 Å². The summed E-state index contributed by atoms with van der Waals surface area (Å²) in [6.07, 6.45) is 2.65. The lowest BCUT2D eigenvalue weighted by Gasteiger charge is -2.07. The predicted octanol–water partition coefficient (Wildman–Crippen LogP) is 2.76. The molecule has 63 valence electrons. The Balaban J connectivity index is 2.24. The molecule has 1 aliphatic carbocycles. The van der Waals surface area contributed by atoms with Gasteiger partial charge in [0.15, 0.2) is 0 Å². The van der Waals surface area contributed by atoms with Crippen molar-refractivity contribution < 1.29 is 4.74 Å². The summed E-state index contributed by atoms with van der Waals surface area (Å²) < 4.78 is 5.51. The fraction of sp³-hybridized carbons (Fsp3) is 0.455. The van der Waals surface area contributed by atoms with Crippen LogP contribution in [0.15, 0.2) is 18.2 Å². The summed E-state index contributed by atoms with van der Waals surface area (Å²) in [5.74, 6) is 1.80. The van der Waals surface area contributed by atoms with Crippen molar-refractivity contribution >= 4 is 0 Å². The maximum atomic E-state index is 5.51. The van der Waals surface area contributed by atoms with E-state index in [1.54, 1.807) is 0 Å². The topological polar surface area (TPSA) is 9.23 Å². The van der Waals surface area contributed by atoms with Crippen molar-refractivity contribution in [3.8, 4) is 5.75 Å². The number of rotatable bonds is 3. The molecule has 1 aromatic carbocycles. The molecule has 12 heavy (non-hydrogen) atoms. The van der Waals surface area contributed by atoms with Crippen LogP contribution in [0.5, 0.6) is 5.75 Å². The van der Waals surface area contributed by atoms with Gasteiger partial charge in [-0.05, 0) is 43.4 Å². The van der Waals surface area contributed by atoms with Gasteiger partial charge in [0.25, 0.3) is 0 Å². The zero-order chi connectivity index (χ0) is 8.39. The molecular formula is C11H13O. The summed E-state index contributed by atoms with van der Waals surface area (Å²) in [6, 6.07) is 9.08. The highest BCUT2D eigenvalue weighted by Gasteiger charge is 2.26. The Morgan fingerprint density at radius 1 is 1.58 bits per heavy atom. The molecule has 2 rings (SSSR count). The zero-order valence-corrected chi connectivity index (χ0v) is 7.34. The third-order valence-corrected chi connectivity index (χ3v) is 2.18. The predicted molar refractivity (Wildman–Crippen MR) is 48.4 cm³/mol. The number of hydrogen-bond donors (Lipinski definition) is 0. The fourth-order valence-corrected chi connectivity index (χ4v) is 1.44. The lowest BCUT2D eigenvalue weighted by Crippen LogP contribution is -1.94. The molecule has 0 aliphatic heterocycles. The van der Waals surface area contributed by atoms with Gasteiger partial charge in [-0.2, -0.15) is 0 Å². The minimum Gasteiger partial charge on any atom is -0.494 e. The number of benzene rings is 1. The molecule has 1 radical (unpaired) electrons. The third kappa shape index (κ3) is 1.45. The summed E-state index contributed by atoms with van der Waals surface area (Å²) in [7, 11) is 0. The van der Waals surface area contributed by atoms with Gasteiger partial charge in [-0.25, -0.2) is 0 Å². The van der Waals surface area contributed by atoms with Gasteiger partial charge in [0.1, 0.15) is 5.75 Å². The molecule has 1 aliphatic rings. The Hall–Kier alpha value is -0.980. The summed E-state index contributed by atoms with van der Waals surface area (Å²) in [4.78, 5) is 0. The van der Waals surface area contributed by atoms with Crippen LogP contribution in [0.3, 0.4) is 0 Å². The Kier molecular flexibility index (Phi) is 2.03. The van der Waals surface area contributed by atoms with Gasteiger partial charge >= 0.3 is 0 Å². The highest BCUT2D eigenvalue weighted by Crippen LogP contribution is 2.43. The van der Waals surface area contributed by atoms with Crippen LogP contribution in [0, 0.1) is 6.07 Å².